The van der Waals surface area contributed by atoms with E-state index < -0.39 is 5.60 Å². The molecule has 4 heteroatoms. The van der Waals surface area contributed by atoms with Gasteiger partial charge in [-0.25, -0.2) is 0 Å². The summed E-state index contributed by atoms with van der Waals surface area (Å²) in [4.78, 5) is 0. The first kappa shape index (κ1) is 22.3. The molecule has 182 valence electrons. The summed E-state index contributed by atoms with van der Waals surface area (Å²) in [6, 6.07) is 0. The van der Waals surface area contributed by atoms with E-state index in [2.05, 4.69) is 34.6 Å². The van der Waals surface area contributed by atoms with Crippen LogP contribution in [0.25, 0.3) is 0 Å². The molecule has 6 aliphatic rings. The van der Waals surface area contributed by atoms with Crippen molar-refractivity contribution in [1.29, 1.82) is 0 Å². The molecule has 0 aromatic rings. The Hall–Kier alpha value is -0.160. The average Bonchev–Trinajstić information content (AvgIpc) is 3.18. The van der Waals surface area contributed by atoms with E-state index in [1.807, 2.05) is 0 Å². The summed E-state index contributed by atoms with van der Waals surface area (Å²) < 4.78 is 13.4. The Morgan fingerprint density at radius 1 is 0.906 bits per heavy atom. The largest absolute Gasteiger partial charge is 0.393 e. The fourth-order valence-electron chi connectivity index (χ4n) is 10.7. The number of hydrogen-bond donors (Lipinski definition) is 2. The first-order valence-electron chi connectivity index (χ1n) is 13.8. The van der Waals surface area contributed by atoms with Gasteiger partial charge in [-0.05, 0) is 91.3 Å². The van der Waals surface area contributed by atoms with Crippen LogP contribution in [0.2, 0.25) is 0 Å². The molecule has 13 atom stereocenters. The maximum Gasteiger partial charge on any atom is 0.171 e. The van der Waals surface area contributed by atoms with Crippen LogP contribution in [0.3, 0.4) is 0 Å². The highest BCUT2D eigenvalue weighted by atomic mass is 16.7. The zero-order chi connectivity index (χ0) is 22.7. The zero-order valence-electron chi connectivity index (χ0n) is 21.0. The number of rotatable bonds is 0. The predicted molar refractivity (Wildman–Crippen MR) is 124 cm³/mol. The van der Waals surface area contributed by atoms with Gasteiger partial charge in [-0.1, -0.05) is 34.6 Å². The Kier molecular flexibility index (Phi) is 4.85. The van der Waals surface area contributed by atoms with Crippen molar-refractivity contribution in [3.05, 3.63) is 0 Å². The second kappa shape index (κ2) is 6.95. The molecular weight excluding hydrogens is 400 g/mol. The van der Waals surface area contributed by atoms with Crippen LogP contribution < -0.4 is 0 Å². The third kappa shape index (κ3) is 2.65. The summed E-state index contributed by atoms with van der Waals surface area (Å²) in [6.07, 6.45) is 9.42. The molecule has 4 aliphatic carbocycles. The van der Waals surface area contributed by atoms with Crippen LogP contribution >= 0.6 is 0 Å². The molecular formula is C28H46O4. The maximum absolute atomic E-state index is 11.9. The Labute approximate surface area is 194 Å². The highest BCUT2D eigenvalue weighted by molar-refractivity contribution is 5.19. The van der Waals surface area contributed by atoms with Gasteiger partial charge in [0, 0.05) is 18.8 Å². The van der Waals surface area contributed by atoms with Crippen LogP contribution in [0.15, 0.2) is 0 Å². The van der Waals surface area contributed by atoms with Gasteiger partial charge in [0.2, 0.25) is 0 Å². The van der Waals surface area contributed by atoms with Gasteiger partial charge in [0.05, 0.1) is 24.4 Å². The molecule has 0 aromatic heterocycles. The summed E-state index contributed by atoms with van der Waals surface area (Å²) in [6.45, 7) is 12.8. The first-order chi connectivity index (χ1) is 15.0. The Bertz CT molecular complexity index is 761. The average molecular weight is 447 g/mol. The van der Waals surface area contributed by atoms with Crippen LogP contribution in [0, 0.1) is 52.3 Å². The fraction of sp³-hybridized carbons (Fsp3) is 1.00. The molecule has 1 spiro atoms. The lowest BCUT2D eigenvalue weighted by molar-refractivity contribution is -0.276. The summed E-state index contributed by atoms with van der Waals surface area (Å²) in [5.74, 6) is 3.56. The molecule has 2 saturated heterocycles. The number of fused-ring (bicyclic) bond motifs is 7. The van der Waals surface area contributed by atoms with Gasteiger partial charge >= 0.3 is 0 Å². The maximum atomic E-state index is 11.9. The van der Waals surface area contributed by atoms with E-state index in [1.165, 1.54) is 25.7 Å². The molecule has 0 radical (unpaired) electrons. The van der Waals surface area contributed by atoms with Crippen LogP contribution in [-0.4, -0.2) is 40.4 Å². The number of aliphatic hydroxyl groups excluding tert-OH is 1. The molecule has 0 aromatic carbocycles. The minimum absolute atomic E-state index is 0.0656. The molecule has 0 bridgehead atoms. The molecule has 4 saturated carbocycles. The monoisotopic (exact) mass is 446 g/mol. The van der Waals surface area contributed by atoms with E-state index in [9.17, 15) is 10.2 Å². The Morgan fingerprint density at radius 3 is 2.41 bits per heavy atom. The molecule has 2 aliphatic heterocycles. The predicted octanol–water partition coefficient (Wildman–Crippen LogP) is 5.15. The Balaban J connectivity index is 1.30. The van der Waals surface area contributed by atoms with Gasteiger partial charge in [-0.2, -0.15) is 0 Å². The smallest absolute Gasteiger partial charge is 0.171 e. The molecule has 0 amide bonds. The highest BCUT2D eigenvalue weighted by Gasteiger charge is 2.71. The summed E-state index contributed by atoms with van der Waals surface area (Å²) >= 11 is 0. The van der Waals surface area contributed by atoms with Crippen molar-refractivity contribution in [3.63, 3.8) is 0 Å². The van der Waals surface area contributed by atoms with E-state index in [1.54, 1.807) is 0 Å². The van der Waals surface area contributed by atoms with Crippen LogP contribution in [0.1, 0.15) is 92.4 Å². The Morgan fingerprint density at radius 2 is 1.69 bits per heavy atom. The van der Waals surface area contributed by atoms with Crippen molar-refractivity contribution >= 4 is 0 Å². The van der Waals surface area contributed by atoms with Crippen LogP contribution in [0.5, 0.6) is 0 Å². The minimum atomic E-state index is -0.714. The van der Waals surface area contributed by atoms with Crippen LogP contribution in [0.4, 0.5) is 0 Å². The first-order valence-corrected chi connectivity index (χ1v) is 13.8. The number of aliphatic hydroxyl groups is 2. The third-order valence-corrected chi connectivity index (χ3v) is 12.5. The number of hydrogen-bond acceptors (Lipinski definition) is 4. The van der Waals surface area contributed by atoms with Crippen molar-refractivity contribution in [2.45, 2.75) is 116 Å². The zero-order valence-corrected chi connectivity index (χ0v) is 21.0. The van der Waals surface area contributed by atoms with Crippen molar-refractivity contribution < 1.29 is 19.7 Å². The lowest BCUT2D eigenvalue weighted by atomic mass is 9.41. The van der Waals surface area contributed by atoms with E-state index in [0.29, 0.717) is 53.4 Å². The molecule has 0 unspecified atom stereocenters. The van der Waals surface area contributed by atoms with Crippen LogP contribution in [-0.2, 0) is 9.47 Å². The van der Waals surface area contributed by atoms with Gasteiger partial charge in [-0.3, -0.25) is 0 Å². The number of ether oxygens (including phenoxy) is 2. The SMILES string of the molecule is C[C@@H]1CC[C@@]2(OC1)O[C@H]1C[C@H]3[C@H]4C[C@@H](C)[C@@]5(O)C[C@@H](O)CC[C@@]5(C)[C@H]4CC[C@@]3(C)[C@H]1[C@@H]2C. The topological polar surface area (TPSA) is 58.9 Å². The normalized spacial score (nSPS) is 64.0. The van der Waals surface area contributed by atoms with Crippen molar-refractivity contribution in [1.82, 2.24) is 0 Å². The lowest BCUT2D eigenvalue weighted by Crippen LogP contribution is -2.66. The summed E-state index contributed by atoms with van der Waals surface area (Å²) in [5, 5.41) is 22.3. The van der Waals surface area contributed by atoms with E-state index in [4.69, 9.17) is 9.47 Å². The molecule has 6 fully saturated rings. The standard InChI is InChI=1S/C28H46O4/c1-16-6-11-28(31-15-16)18(3)24-23(32-28)13-22-20-12-17(2)27(30)14-19(29)7-10-26(27,5)21(20)8-9-25(22,24)4/h16-24,29-30H,6-15H2,1-5H3/t16-,17-,18+,19+,20+,21+,22+,23+,24+,25-,26+,27+,28-/m1/s1. The highest BCUT2D eigenvalue weighted by Crippen LogP contribution is 2.72. The van der Waals surface area contributed by atoms with E-state index in [0.717, 1.165) is 32.3 Å². The molecule has 2 N–H and O–H groups in total. The molecule has 32 heavy (non-hydrogen) atoms. The summed E-state index contributed by atoms with van der Waals surface area (Å²) in [5.41, 5.74) is -0.459. The molecule has 2 heterocycles. The van der Waals surface area contributed by atoms with Gasteiger partial charge in [0.25, 0.3) is 0 Å². The second-order valence-electron chi connectivity index (χ2n) is 13.8. The van der Waals surface area contributed by atoms with Crippen molar-refractivity contribution in [2.75, 3.05) is 6.61 Å². The van der Waals surface area contributed by atoms with Crippen molar-refractivity contribution in [3.8, 4) is 0 Å². The minimum Gasteiger partial charge on any atom is -0.393 e. The van der Waals surface area contributed by atoms with E-state index in [-0.39, 0.29) is 23.2 Å². The molecule has 6 rings (SSSR count). The summed E-state index contributed by atoms with van der Waals surface area (Å²) in [7, 11) is 0. The fourth-order valence-corrected chi connectivity index (χ4v) is 10.7. The van der Waals surface area contributed by atoms with Gasteiger partial charge in [-0.15, -0.1) is 0 Å². The van der Waals surface area contributed by atoms with Gasteiger partial charge < -0.3 is 19.7 Å². The van der Waals surface area contributed by atoms with Crippen molar-refractivity contribution in [2.24, 2.45) is 52.3 Å². The second-order valence-corrected chi connectivity index (χ2v) is 13.8. The van der Waals surface area contributed by atoms with Gasteiger partial charge in [0.1, 0.15) is 0 Å². The molecule has 4 nitrogen and oxygen atoms in total. The van der Waals surface area contributed by atoms with Gasteiger partial charge in [0.15, 0.2) is 5.79 Å². The lowest BCUT2D eigenvalue weighted by Gasteiger charge is -2.66. The quantitative estimate of drug-likeness (QED) is 0.540. The van der Waals surface area contributed by atoms with E-state index >= 15 is 0 Å². The third-order valence-electron chi connectivity index (χ3n) is 12.5.